The smallest absolute Gasteiger partial charge is 0.322 e. The van der Waals surface area contributed by atoms with Gasteiger partial charge in [-0.15, -0.1) is 0 Å². The first-order valence-electron chi connectivity index (χ1n) is 5.62. The molecule has 17 heavy (non-hydrogen) atoms. The number of nitrogens with zero attached hydrogens (tertiary/aromatic N) is 1. The summed E-state index contributed by atoms with van der Waals surface area (Å²) in [6.45, 7) is 8.69. The summed E-state index contributed by atoms with van der Waals surface area (Å²) in [6.07, 6.45) is 0. The van der Waals surface area contributed by atoms with Crippen molar-refractivity contribution in [3.63, 3.8) is 0 Å². The summed E-state index contributed by atoms with van der Waals surface area (Å²) < 4.78 is 0. The molecule has 0 aliphatic heterocycles. The first-order valence-corrected chi connectivity index (χ1v) is 5.62. The topological polar surface area (TPSA) is 52.9 Å². The molecule has 0 heterocycles. The highest BCUT2D eigenvalue weighted by atomic mass is 16.1. The summed E-state index contributed by atoms with van der Waals surface area (Å²) >= 11 is 0. The Kier molecular flexibility index (Phi) is 3.90. The lowest BCUT2D eigenvalue weighted by molar-refractivity contribution is -0.116. The second-order valence-corrected chi connectivity index (χ2v) is 5.00. The van der Waals surface area contributed by atoms with Crippen molar-refractivity contribution in [1.82, 2.24) is 5.32 Å². The van der Waals surface area contributed by atoms with Crippen LogP contribution in [0.3, 0.4) is 0 Å². The average molecular weight is 230 g/mol. The monoisotopic (exact) mass is 230 g/mol. The van der Waals surface area contributed by atoms with Gasteiger partial charge in [-0.05, 0) is 25.0 Å². The Morgan fingerprint density at radius 1 is 1.41 bits per heavy atom. The molecule has 1 N–H and O–H groups in total. The molecular formula is C14H18N2O. The van der Waals surface area contributed by atoms with Crippen LogP contribution in [0.25, 0.3) is 0 Å². The van der Waals surface area contributed by atoms with Gasteiger partial charge in [-0.25, -0.2) is 0 Å². The van der Waals surface area contributed by atoms with Crippen LogP contribution in [0.15, 0.2) is 18.2 Å². The highest BCUT2D eigenvalue weighted by molar-refractivity contribution is 5.91. The minimum absolute atomic E-state index is 0.178. The van der Waals surface area contributed by atoms with Gasteiger partial charge in [0.2, 0.25) is 0 Å². The average Bonchev–Trinajstić information content (AvgIpc) is 2.29. The number of carbonyl (C=O) groups is 1. The summed E-state index contributed by atoms with van der Waals surface area (Å²) in [4.78, 5) is 11.0. The maximum Gasteiger partial charge on any atom is 0.322 e. The van der Waals surface area contributed by atoms with Crippen molar-refractivity contribution < 1.29 is 4.79 Å². The molecule has 0 bridgehead atoms. The number of nitrogens with one attached hydrogen (secondary N) is 1. The molecule has 0 aliphatic carbocycles. The summed E-state index contributed by atoms with van der Waals surface area (Å²) in [7, 11) is 0. The predicted octanol–water partition coefficient (Wildman–Crippen LogP) is 2.22. The van der Waals surface area contributed by atoms with Gasteiger partial charge in [0.25, 0.3) is 0 Å². The van der Waals surface area contributed by atoms with E-state index in [1.165, 1.54) is 16.7 Å². The molecule has 0 unspecified atom stereocenters. The number of rotatable bonds is 3. The van der Waals surface area contributed by atoms with Crippen molar-refractivity contribution in [2.75, 3.05) is 6.54 Å². The largest absolute Gasteiger partial charge is 0.343 e. The van der Waals surface area contributed by atoms with Crippen LogP contribution in [0.1, 0.15) is 30.5 Å². The number of hydrogen-bond acceptors (Lipinski definition) is 2. The van der Waals surface area contributed by atoms with E-state index in [4.69, 9.17) is 5.26 Å². The van der Waals surface area contributed by atoms with Gasteiger partial charge < -0.3 is 5.32 Å². The third kappa shape index (κ3) is 3.32. The lowest BCUT2D eigenvalue weighted by Crippen LogP contribution is -2.36. The molecule has 1 aromatic rings. The molecule has 0 saturated carbocycles. The highest BCUT2D eigenvalue weighted by Gasteiger charge is 2.23. The number of hydrogen-bond donors (Lipinski definition) is 1. The van der Waals surface area contributed by atoms with Crippen LogP contribution in [0.5, 0.6) is 0 Å². The molecule has 1 amide bonds. The van der Waals surface area contributed by atoms with E-state index in [1.54, 1.807) is 6.07 Å². The van der Waals surface area contributed by atoms with E-state index in [2.05, 4.69) is 44.3 Å². The molecular weight excluding hydrogens is 212 g/mol. The first kappa shape index (κ1) is 13.2. The fraction of sp³-hybridized carbons (Fsp3) is 0.429. The Hall–Kier alpha value is -1.82. The number of aryl methyl sites for hydroxylation is 2. The molecule has 0 radical (unpaired) electrons. The lowest BCUT2D eigenvalue weighted by Gasteiger charge is -2.27. The Balaban J connectivity index is 2.93. The van der Waals surface area contributed by atoms with Crippen molar-refractivity contribution in [2.45, 2.75) is 33.1 Å². The summed E-state index contributed by atoms with van der Waals surface area (Å²) in [5, 5.41) is 11.1. The standard InChI is InChI=1S/C14H18N2O/c1-10-5-6-11(2)12(7-10)14(3,4)9-16-13(17)8-15/h5-7H,9H2,1-4H3,(H,16,17). The number of carbonyl (C=O) groups excluding carboxylic acids is 1. The van der Waals surface area contributed by atoms with Crippen LogP contribution in [0.4, 0.5) is 0 Å². The van der Waals surface area contributed by atoms with Crippen LogP contribution in [-0.2, 0) is 10.2 Å². The molecule has 3 heteroatoms. The first-order chi connectivity index (χ1) is 7.86. The van der Waals surface area contributed by atoms with E-state index in [0.717, 1.165) is 0 Å². The second-order valence-electron chi connectivity index (χ2n) is 5.00. The fourth-order valence-corrected chi connectivity index (χ4v) is 1.90. The van der Waals surface area contributed by atoms with E-state index >= 15 is 0 Å². The van der Waals surface area contributed by atoms with E-state index < -0.39 is 5.91 Å². The maximum absolute atomic E-state index is 11.0. The maximum atomic E-state index is 11.0. The van der Waals surface area contributed by atoms with Gasteiger partial charge in [0.1, 0.15) is 0 Å². The summed E-state index contributed by atoms with van der Waals surface area (Å²) in [6, 6.07) is 7.85. The zero-order valence-electron chi connectivity index (χ0n) is 10.8. The zero-order valence-corrected chi connectivity index (χ0v) is 10.8. The molecule has 0 atom stereocenters. The predicted molar refractivity (Wildman–Crippen MR) is 67.6 cm³/mol. The van der Waals surface area contributed by atoms with Crippen LogP contribution < -0.4 is 5.32 Å². The highest BCUT2D eigenvalue weighted by Crippen LogP contribution is 2.26. The second kappa shape index (κ2) is 5.01. The van der Waals surface area contributed by atoms with E-state index in [0.29, 0.717) is 6.54 Å². The quantitative estimate of drug-likeness (QED) is 0.809. The fourth-order valence-electron chi connectivity index (χ4n) is 1.90. The normalized spacial score (nSPS) is 10.8. The molecule has 0 fully saturated rings. The Bertz CT molecular complexity index is 470. The molecule has 90 valence electrons. The van der Waals surface area contributed by atoms with Crippen molar-refractivity contribution >= 4 is 5.91 Å². The molecule has 0 aromatic heterocycles. The number of nitriles is 1. The van der Waals surface area contributed by atoms with E-state index in [-0.39, 0.29) is 5.41 Å². The van der Waals surface area contributed by atoms with Crippen LogP contribution in [0, 0.1) is 25.2 Å². The minimum Gasteiger partial charge on any atom is -0.343 e. The molecule has 1 rings (SSSR count). The third-order valence-electron chi connectivity index (χ3n) is 2.91. The van der Waals surface area contributed by atoms with Gasteiger partial charge in [-0.1, -0.05) is 37.6 Å². The summed E-state index contributed by atoms with van der Waals surface area (Å²) in [5.41, 5.74) is 3.43. The van der Waals surface area contributed by atoms with Crippen molar-refractivity contribution in [2.24, 2.45) is 0 Å². The number of amides is 1. The lowest BCUT2D eigenvalue weighted by atomic mass is 9.81. The zero-order chi connectivity index (χ0) is 13.1. The van der Waals surface area contributed by atoms with Gasteiger partial charge in [0.15, 0.2) is 6.07 Å². The van der Waals surface area contributed by atoms with Gasteiger partial charge in [0.05, 0.1) is 0 Å². The van der Waals surface area contributed by atoms with Crippen LogP contribution >= 0.6 is 0 Å². The van der Waals surface area contributed by atoms with Crippen molar-refractivity contribution in [3.05, 3.63) is 34.9 Å². The van der Waals surface area contributed by atoms with Gasteiger partial charge in [-0.3, -0.25) is 4.79 Å². The van der Waals surface area contributed by atoms with Gasteiger partial charge in [0, 0.05) is 12.0 Å². The molecule has 0 aliphatic rings. The van der Waals surface area contributed by atoms with Crippen LogP contribution in [0.2, 0.25) is 0 Å². The Labute approximate surface area is 102 Å². The molecule has 3 nitrogen and oxygen atoms in total. The Morgan fingerprint density at radius 3 is 2.65 bits per heavy atom. The minimum atomic E-state index is -0.580. The van der Waals surface area contributed by atoms with Crippen molar-refractivity contribution in [3.8, 4) is 6.07 Å². The number of benzene rings is 1. The summed E-state index contributed by atoms with van der Waals surface area (Å²) in [5.74, 6) is -0.580. The van der Waals surface area contributed by atoms with Gasteiger partial charge >= 0.3 is 5.91 Å². The third-order valence-corrected chi connectivity index (χ3v) is 2.91. The molecule has 0 spiro atoms. The Morgan fingerprint density at radius 2 is 2.06 bits per heavy atom. The van der Waals surface area contributed by atoms with E-state index in [9.17, 15) is 4.79 Å². The van der Waals surface area contributed by atoms with Crippen molar-refractivity contribution in [1.29, 1.82) is 5.26 Å². The van der Waals surface area contributed by atoms with Crippen LogP contribution in [-0.4, -0.2) is 12.5 Å². The SMILES string of the molecule is Cc1ccc(C)c(C(C)(C)CNC(=O)C#N)c1. The van der Waals surface area contributed by atoms with Gasteiger partial charge in [-0.2, -0.15) is 5.26 Å². The van der Waals surface area contributed by atoms with E-state index in [1.807, 2.05) is 6.92 Å². The molecule has 0 saturated heterocycles. The molecule has 1 aromatic carbocycles.